The van der Waals surface area contributed by atoms with Gasteiger partial charge in [0, 0.05) is 30.8 Å². The third kappa shape index (κ3) is 1.74. The third-order valence-electron chi connectivity index (χ3n) is 6.39. The maximum atomic E-state index is 4.78. The van der Waals surface area contributed by atoms with Crippen LogP contribution >= 0.6 is 0 Å². The summed E-state index contributed by atoms with van der Waals surface area (Å²) in [7, 11) is 0. The molecule has 3 heteroatoms. The lowest BCUT2D eigenvalue weighted by Gasteiger charge is -2.38. The summed E-state index contributed by atoms with van der Waals surface area (Å²) in [6.07, 6.45) is 6.71. The molecule has 0 amide bonds. The Labute approximate surface area is 163 Å². The average Bonchev–Trinajstić information content (AvgIpc) is 3.12. The van der Waals surface area contributed by atoms with E-state index < -0.39 is 0 Å². The third-order valence-corrected chi connectivity index (χ3v) is 6.39. The molecule has 0 N–H and O–H groups in total. The van der Waals surface area contributed by atoms with Gasteiger partial charge in [0.25, 0.3) is 0 Å². The number of fused-ring (bicyclic) bond motifs is 8. The van der Waals surface area contributed by atoms with E-state index in [1.54, 1.807) is 0 Å². The van der Waals surface area contributed by atoms with Crippen molar-refractivity contribution in [1.82, 2.24) is 9.97 Å². The molecule has 0 saturated heterocycles. The Morgan fingerprint density at radius 3 is 2.61 bits per heavy atom. The molecule has 2 aromatic heterocycles. The fourth-order valence-corrected chi connectivity index (χ4v) is 5.25. The number of rotatable bonds is 0. The summed E-state index contributed by atoms with van der Waals surface area (Å²) >= 11 is 0. The highest BCUT2D eigenvalue weighted by Crippen LogP contribution is 2.52. The molecule has 3 aliphatic rings. The zero-order chi connectivity index (χ0) is 18.2. The van der Waals surface area contributed by atoms with E-state index in [1.807, 2.05) is 18.5 Å². The topological polar surface area (TPSA) is 29.0 Å². The molecule has 28 heavy (non-hydrogen) atoms. The van der Waals surface area contributed by atoms with Gasteiger partial charge in [0.1, 0.15) is 5.82 Å². The molecule has 132 valence electrons. The first-order valence-electron chi connectivity index (χ1n) is 9.82. The van der Waals surface area contributed by atoms with Gasteiger partial charge in [-0.1, -0.05) is 36.4 Å². The van der Waals surface area contributed by atoms with Gasteiger partial charge in [0.2, 0.25) is 0 Å². The van der Waals surface area contributed by atoms with Crippen molar-refractivity contribution >= 4 is 17.2 Å². The van der Waals surface area contributed by atoms with Gasteiger partial charge in [-0.25, -0.2) is 4.98 Å². The molecule has 4 aromatic rings. The Morgan fingerprint density at radius 1 is 0.679 bits per heavy atom. The van der Waals surface area contributed by atoms with Gasteiger partial charge >= 0.3 is 0 Å². The van der Waals surface area contributed by atoms with Crippen LogP contribution in [-0.2, 0) is 19.3 Å². The van der Waals surface area contributed by atoms with Gasteiger partial charge < -0.3 is 0 Å². The maximum Gasteiger partial charge on any atom is 0.141 e. The number of pyridine rings is 2. The molecule has 0 saturated carbocycles. The van der Waals surface area contributed by atoms with E-state index in [1.165, 1.54) is 50.3 Å². The van der Waals surface area contributed by atoms with Crippen molar-refractivity contribution < 1.29 is 0 Å². The quantitative estimate of drug-likeness (QED) is 0.367. The minimum atomic E-state index is 0.853. The zero-order valence-corrected chi connectivity index (χ0v) is 15.3. The van der Waals surface area contributed by atoms with Gasteiger partial charge in [-0.3, -0.25) is 9.88 Å². The summed E-state index contributed by atoms with van der Waals surface area (Å²) in [5.41, 5.74) is 13.4. The second-order valence-corrected chi connectivity index (χ2v) is 7.87. The SMILES string of the molecule is c1ccc2c(c1)Cc1ccc3c(c1-2)Cc1ccnc2c1N3c1ncccc1C2. The normalized spacial score (nSPS) is 14.6. The predicted octanol–water partition coefficient (Wildman–Crippen LogP) is 5.33. The van der Waals surface area contributed by atoms with Gasteiger partial charge in [0.05, 0.1) is 17.1 Å². The minimum Gasteiger partial charge on any atom is -0.292 e. The molecule has 0 spiro atoms. The van der Waals surface area contributed by atoms with Crippen LogP contribution in [0.15, 0.2) is 67.0 Å². The van der Waals surface area contributed by atoms with Crippen molar-refractivity contribution in [3.8, 4) is 11.1 Å². The maximum absolute atomic E-state index is 4.78. The molecule has 1 aliphatic carbocycles. The molecule has 0 unspecified atom stereocenters. The molecule has 2 aliphatic heterocycles. The van der Waals surface area contributed by atoms with Crippen molar-refractivity contribution in [3.63, 3.8) is 0 Å². The number of hydrogen-bond donors (Lipinski definition) is 0. The standard InChI is InChI=1S/C25H17N3/c1-2-6-19-15(4-1)12-16-7-8-22-20(23(16)19)13-17-9-11-26-21-14-18-5-3-10-27-25(18)28(22)24(17)21/h1-11H,12-14H2. The Bertz CT molecular complexity index is 1310. The average molecular weight is 359 g/mol. The van der Waals surface area contributed by atoms with Crippen molar-refractivity contribution in [2.24, 2.45) is 0 Å². The van der Waals surface area contributed by atoms with Crippen molar-refractivity contribution in [2.45, 2.75) is 19.3 Å². The van der Waals surface area contributed by atoms with E-state index in [0.717, 1.165) is 30.8 Å². The van der Waals surface area contributed by atoms with Gasteiger partial charge in [0.15, 0.2) is 0 Å². The van der Waals surface area contributed by atoms with E-state index >= 15 is 0 Å². The number of anilines is 3. The monoisotopic (exact) mass is 359 g/mol. The highest BCUT2D eigenvalue weighted by atomic mass is 15.2. The predicted molar refractivity (Wildman–Crippen MR) is 111 cm³/mol. The zero-order valence-electron chi connectivity index (χ0n) is 15.3. The summed E-state index contributed by atoms with van der Waals surface area (Å²) in [5.74, 6) is 1.05. The molecule has 0 atom stereocenters. The van der Waals surface area contributed by atoms with E-state index in [-0.39, 0.29) is 0 Å². The molecule has 3 nitrogen and oxygen atoms in total. The first kappa shape index (κ1) is 14.6. The van der Waals surface area contributed by atoms with Crippen LogP contribution in [0.1, 0.15) is 33.5 Å². The summed E-state index contributed by atoms with van der Waals surface area (Å²) in [6, 6.07) is 19.8. The fraction of sp³-hybridized carbons (Fsp3) is 0.120. The minimum absolute atomic E-state index is 0.853. The van der Waals surface area contributed by atoms with E-state index in [2.05, 4.69) is 53.4 Å². The highest BCUT2D eigenvalue weighted by molar-refractivity contribution is 5.93. The van der Waals surface area contributed by atoms with Crippen LogP contribution in [0.3, 0.4) is 0 Å². The van der Waals surface area contributed by atoms with Crippen LogP contribution in [0, 0.1) is 0 Å². The highest BCUT2D eigenvalue weighted by Gasteiger charge is 2.35. The number of hydrogen-bond acceptors (Lipinski definition) is 3. The summed E-state index contributed by atoms with van der Waals surface area (Å²) < 4.78 is 0. The van der Waals surface area contributed by atoms with Gasteiger partial charge in [-0.15, -0.1) is 0 Å². The molecule has 4 heterocycles. The van der Waals surface area contributed by atoms with Gasteiger partial charge in [-0.2, -0.15) is 0 Å². The largest absolute Gasteiger partial charge is 0.292 e. The Balaban J connectivity index is 1.56. The molecular formula is C25H17N3. The smallest absolute Gasteiger partial charge is 0.141 e. The Kier molecular flexibility index (Phi) is 2.64. The molecular weight excluding hydrogens is 342 g/mol. The molecule has 0 fully saturated rings. The van der Waals surface area contributed by atoms with Gasteiger partial charge in [-0.05, 0) is 58.0 Å². The summed E-state index contributed by atoms with van der Waals surface area (Å²) in [6.45, 7) is 0. The van der Waals surface area contributed by atoms with E-state index in [9.17, 15) is 0 Å². The van der Waals surface area contributed by atoms with Crippen LogP contribution in [0.5, 0.6) is 0 Å². The lowest BCUT2D eigenvalue weighted by Crippen LogP contribution is -2.26. The van der Waals surface area contributed by atoms with Crippen molar-refractivity contribution in [3.05, 3.63) is 101 Å². The fourth-order valence-electron chi connectivity index (χ4n) is 5.25. The second-order valence-electron chi connectivity index (χ2n) is 7.87. The van der Waals surface area contributed by atoms with Crippen LogP contribution in [0.25, 0.3) is 11.1 Å². The summed E-state index contributed by atoms with van der Waals surface area (Å²) in [4.78, 5) is 11.9. The Morgan fingerprint density at radius 2 is 1.61 bits per heavy atom. The number of benzene rings is 2. The first-order valence-corrected chi connectivity index (χ1v) is 9.82. The number of nitrogens with zero attached hydrogens (tertiary/aromatic N) is 3. The van der Waals surface area contributed by atoms with E-state index in [0.29, 0.717) is 0 Å². The van der Waals surface area contributed by atoms with Crippen molar-refractivity contribution in [1.29, 1.82) is 0 Å². The van der Waals surface area contributed by atoms with Crippen molar-refractivity contribution in [2.75, 3.05) is 4.90 Å². The first-order chi connectivity index (χ1) is 13.9. The summed E-state index contributed by atoms with van der Waals surface area (Å²) in [5, 5.41) is 0. The molecule has 0 radical (unpaired) electrons. The molecule has 7 rings (SSSR count). The second kappa shape index (κ2) is 5.08. The molecule has 2 aromatic carbocycles. The van der Waals surface area contributed by atoms with Crippen LogP contribution < -0.4 is 4.90 Å². The Hall–Kier alpha value is -3.46. The lowest BCUT2D eigenvalue weighted by atomic mass is 9.86. The molecule has 0 bridgehead atoms. The van der Waals surface area contributed by atoms with Crippen LogP contribution in [0.4, 0.5) is 17.2 Å². The number of aromatic nitrogens is 2. The van der Waals surface area contributed by atoms with Crippen LogP contribution in [-0.4, -0.2) is 9.97 Å². The van der Waals surface area contributed by atoms with Crippen LogP contribution in [0.2, 0.25) is 0 Å². The lowest BCUT2D eigenvalue weighted by molar-refractivity contribution is 0.939. The van der Waals surface area contributed by atoms with E-state index in [4.69, 9.17) is 9.97 Å².